The molecule has 0 fully saturated rings. The van der Waals surface area contributed by atoms with E-state index in [1.807, 2.05) is 12.1 Å². The highest BCUT2D eigenvalue weighted by Crippen LogP contribution is 2.43. The van der Waals surface area contributed by atoms with Crippen molar-refractivity contribution in [2.24, 2.45) is 0 Å². The molecule has 0 atom stereocenters. The Morgan fingerprint density at radius 3 is 2.94 bits per heavy atom. The molecule has 0 saturated carbocycles. The van der Waals surface area contributed by atoms with Gasteiger partial charge in [0.15, 0.2) is 11.5 Å². The van der Waals surface area contributed by atoms with Crippen molar-refractivity contribution >= 4 is 27.4 Å². The minimum atomic E-state index is -0.303. The molecule has 0 aliphatic carbocycles. The number of hydrogen-bond acceptors (Lipinski definition) is 5. The van der Waals surface area contributed by atoms with Crippen LogP contribution in [0.25, 0.3) is 10.1 Å². The van der Waals surface area contributed by atoms with Crippen molar-refractivity contribution in [1.29, 1.82) is 0 Å². The van der Waals surface area contributed by atoms with Gasteiger partial charge in [-0.05, 0) is 6.07 Å². The second-order valence-electron chi connectivity index (χ2n) is 4.00. The van der Waals surface area contributed by atoms with E-state index in [2.05, 4.69) is 0 Å². The van der Waals surface area contributed by atoms with Crippen LogP contribution < -0.4 is 9.47 Å². The molecule has 3 rings (SSSR count). The largest absolute Gasteiger partial charge is 0.493 e. The lowest BCUT2D eigenvalue weighted by Crippen LogP contribution is -1.96. The third-order valence-corrected chi connectivity index (χ3v) is 4.11. The van der Waals surface area contributed by atoms with E-state index in [-0.39, 0.29) is 5.97 Å². The van der Waals surface area contributed by atoms with E-state index in [1.54, 1.807) is 7.11 Å². The van der Waals surface area contributed by atoms with Gasteiger partial charge in [-0.3, -0.25) is 0 Å². The number of esters is 1. The van der Waals surface area contributed by atoms with Gasteiger partial charge in [-0.25, -0.2) is 4.79 Å². The fraction of sp³-hybridized carbons (Fsp3) is 0.308. The molecule has 1 aliphatic rings. The Bertz CT molecular complexity index is 629. The fourth-order valence-corrected chi connectivity index (χ4v) is 3.26. The molecule has 0 bridgehead atoms. The summed E-state index contributed by atoms with van der Waals surface area (Å²) in [5, 5.41) is 1.06. The number of fused-ring (bicyclic) bond motifs is 3. The van der Waals surface area contributed by atoms with Gasteiger partial charge in [-0.15, -0.1) is 11.3 Å². The highest BCUT2D eigenvalue weighted by atomic mass is 32.1. The Morgan fingerprint density at radius 2 is 2.22 bits per heavy atom. The second kappa shape index (κ2) is 4.17. The second-order valence-corrected chi connectivity index (χ2v) is 5.08. The summed E-state index contributed by atoms with van der Waals surface area (Å²) in [4.78, 5) is 12.2. The maximum Gasteiger partial charge on any atom is 0.348 e. The minimum Gasteiger partial charge on any atom is -0.493 e. The topological polar surface area (TPSA) is 44.8 Å². The first-order chi connectivity index (χ1) is 8.74. The monoisotopic (exact) mass is 264 g/mol. The molecule has 18 heavy (non-hydrogen) atoms. The first-order valence-electron chi connectivity index (χ1n) is 5.59. The number of methoxy groups -OCH3 is 2. The number of benzene rings is 1. The van der Waals surface area contributed by atoms with Gasteiger partial charge < -0.3 is 14.2 Å². The zero-order valence-electron chi connectivity index (χ0n) is 10.1. The molecular weight excluding hydrogens is 252 g/mol. The van der Waals surface area contributed by atoms with Crippen LogP contribution in [-0.2, 0) is 11.2 Å². The molecule has 0 radical (unpaired) electrons. The lowest BCUT2D eigenvalue weighted by molar-refractivity contribution is 0.0606. The van der Waals surface area contributed by atoms with Gasteiger partial charge in [0.05, 0.1) is 20.8 Å². The van der Waals surface area contributed by atoms with Gasteiger partial charge in [0.2, 0.25) is 0 Å². The van der Waals surface area contributed by atoms with Gasteiger partial charge in [-0.1, -0.05) is 0 Å². The average Bonchev–Trinajstić information content (AvgIpc) is 3.01. The zero-order chi connectivity index (χ0) is 12.7. The predicted molar refractivity (Wildman–Crippen MR) is 68.9 cm³/mol. The molecule has 1 aromatic carbocycles. The molecule has 2 heterocycles. The molecule has 0 unspecified atom stereocenters. The molecule has 0 saturated heterocycles. The molecule has 5 heteroatoms. The third kappa shape index (κ3) is 1.54. The van der Waals surface area contributed by atoms with Crippen molar-refractivity contribution < 1.29 is 19.0 Å². The Balaban J connectivity index is 2.25. The molecular formula is C13H12O4S. The number of thiophene rings is 1. The van der Waals surface area contributed by atoms with Crippen LogP contribution in [0, 0.1) is 0 Å². The Kier molecular flexibility index (Phi) is 2.63. The standard InChI is InChI=1S/C13H12O4S/c1-15-9-6-10-8(7-3-4-17-12(7)9)5-11(18-10)13(14)16-2/h5-6H,3-4H2,1-2H3. The molecule has 0 amide bonds. The van der Waals surface area contributed by atoms with E-state index in [1.165, 1.54) is 18.4 Å². The van der Waals surface area contributed by atoms with Crippen molar-refractivity contribution in [2.45, 2.75) is 6.42 Å². The van der Waals surface area contributed by atoms with Crippen LogP contribution in [0.1, 0.15) is 15.2 Å². The Morgan fingerprint density at radius 1 is 1.39 bits per heavy atom. The molecule has 0 N–H and O–H groups in total. The maximum absolute atomic E-state index is 11.6. The number of hydrogen-bond donors (Lipinski definition) is 0. The summed E-state index contributed by atoms with van der Waals surface area (Å²) in [5.41, 5.74) is 1.12. The van der Waals surface area contributed by atoms with Crippen molar-refractivity contribution in [2.75, 3.05) is 20.8 Å². The quantitative estimate of drug-likeness (QED) is 0.782. The number of ether oxygens (including phenoxy) is 3. The first-order valence-corrected chi connectivity index (χ1v) is 6.40. The van der Waals surface area contributed by atoms with Crippen LogP contribution in [0.3, 0.4) is 0 Å². The van der Waals surface area contributed by atoms with E-state index < -0.39 is 0 Å². The number of carbonyl (C=O) groups excluding carboxylic acids is 1. The Hall–Kier alpha value is -1.75. The van der Waals surface area contributed by atoms with Gasteiger partial charge in [0.25, 0.3) is 0 Å². The van der Waals surface area contributed by atoms with Crippen molar-refractivity contribution in [3.8, 4) is 11.5 Å². The van der Waals surface area contributed by atoms with E-state index in [9.17, 15) is 4.79 Å². The molecule has 94 valence electrons. The summed E-state index contributed by atoms with van der Waals surface area (Å²) in [6.07, 6.45) is 0.848. The highest BCUT2D eigenvalue weighted by molar-refractivity contribution is 7.20. The predicted octanol–water partition coefficient (Wildman–Crippen LogP) is 2.63. The van der Waals surface area contributed by atoms with Gasteiger partial charge in [-0.2, -0.15) is 0 Å². The lowest BCUT2D eigenvalue weighted by Gasteiger charge is -2.07. The summed E-state index contributed by atoms with van der Waals surface area (Å²) in [5.74, 6) is 1.23. The van der Waals surface area contributed by atoms with Crippen molar-refractivity contribution in [1.82, 2.24) is 0 Å². The van der Waals surface area contributed by atoms with E-state index >= 15 is 0 Å². The molecule has 2 aromatic rings. The van der Waals surface area contributed by atoms with Crippen LogP contribution in [0.5, 0.6) is 11.5 Å². The van der Waals surface area contributed by atoms with E-state index in [0.717, 1.165) is 33.6 Å². The fourth-order valence-electron chi connectivity index (χ4n) is 2.22. The first kappa shape index (κ1) is 11.3. The average molecular weight is 264 g/mol. The molecule has 1 aliphatic heterocycles. The SMILES string of the molecule is COC(=O)c1cc2c3c(c(OC)cc2s1)OCC3. The smallest absolute Gasteiger partial charge is 0.348 e. The summed E-state index contributed by atoms with van der Waals surface area (Å²) in [6, 6.07) is 3.79. The minimum absolute atomic E-state index is 0.303. The number of rotatable bonds is 2. The van der Waals surface area contributed by atoms with Gasteiger partial charge in [0, 0.05) is 28.1 Å². The third-order valence-electron chi connectivity index (χ3n) is 3.05. The summed E-state index contributed by atoms with van der Waals surface area (Å²) < 4.78 is 16.7. The van der Waals surface area contributed by atoms with Crippen LogP contribution >= 0.6 is 11.3 Å². The van der Waals surface area contributed by atoms with Gasteiger partial charge in [0.1, 0.15) is 4.88 Å². The summed E-state index contributed by atoms with van der Waals surface area (Å²) in [7, 11) is 3.01. The number of carbonyl (C=O) groups is 1. The normalized spacial score (nSPS) is 13.2. The van der Waals surface area contributed by atoms with E-state index in [4.69, 9.17) is 14.2 Å². The van der Waals surface area contributed by atoms with Gasteiger partial charge >= 0.3 is 5.97 Å². The maximum atomic E-state index is 11.6. The van der Waals surface area contributed by atoms with Crippen molar-refractivity contribution in [3.05, 3.63) is 22.6 Å². The lowest BCUT2D eigenvalue weighted by atomic mass is 10.1. The van der Waals surface area contributed by atoms with Crippen LogP contribution in [0.4, 0.5) is 0 Å². The Labute approximate surface area is 108 Å². The van der Waals surface area contributed by atoms with E-state index in [0.29, 0.717) is 11.5 Å². The van der Waals surface area contributed by atoms with Crippen LogP contribution in [-0.4, -0.2) is 26.8 Å². The zero-order valence-corrected chi connectivity index (χ0v) is 10.9. The van der Waals surface area contributed by atoms with Crippen LogP contribution in [0.15, 0.2) is 12.1 Å². The summed E-state index contributed by atoms with van der Waals surface area (Å²) in [6.45, 7) is 0.661. The molecule has 1 aromatic heterocycles. The molecule has 0 spiro atoms. The highest BCUT2D eigenvalue weighted by Gasteiger charge is 2.23. The molecule has 4 nitrogen and oxygen atoms in total. The van der Waals surface area contributed by atoms with Crippen LogP contribution in [0.2, 0.25) is 0 Å². The van der Waals surface area contributed by atoms with Crippen molar-refractivity contribution in [3.63, 3.8) is 0 Å². The summed E-state index contributed by atoms with van der Waals surface area (Å²) >= 11 is 1.42.